The summed E-state index contributed by atoms with van der Waals surface area (Å²) in [5.41, 5.74) is 0.762. The number of halogens is 1. The Kier molecular flexibility index (Phi) is 5.69. The van der Waals surface area contributed by atoms with Crippen molar-refractivity contribution in [3.8, 4) is 0 Å². The molecule has 0 saturated carbocycles. The quantitative estimate of drug-likeness (QED) is 0.840. The van der Waals surface area contributed by atoms with Crippen LogP contribution < -0.4 is 10.0 Å². The number of rotatable bonds is 6. The van der Waals surface area contributed by atoms with E-state index in [-0.39, 0.29) is 10.9 Å². The molecule has 0 aromatic heterocycles. The third-order valence-electron chi connectivity index (χ3n) is 3.50. The number of hydrogen-bond acceptors (Lipinski definition) is 3. The summed E-state index contributed by atoms with van der Waals surface area (Å²) in [5.74, 6) is -0.821. The van der Waals surface area contributed by atoms with E-state index >= 15 is 0 Å². The number of carbonyl (C=O) groups is 1. The fourth-order valence-corrected chi connectivity index (χ4v) is 3.27. The third kappa shape index (κ3) is 4.62. The van der Waals surface area contributed by atoms with Gasteiger partial charge in [-0.05, 0) is 61.9 Å². The molecule has 2 aromatic rings. The Hall–Kier alpha value is -2.25. The van der Waals surface area contributed by atoms with Crippen molar-refractivity contribution < 1.29 is 17.6 Å². The van der Waals surface area contributed by atoms with E-state index in [2.05, 4.69) is 10.0 Å². The van der Waals surface area contributed by atoms with Crippen LogP contribution in [-0.4, -0.2) is 20.4 Å². The van der Waals surface area contributed by atoms with E-state index in [0.717, 1.165) is 0 Å². The summed E-state index contributed by atoms with van der Waals surface area (Å²) in [6, 6.07) is 10.8. The maximum atomic E-state index is 12.9. The molecule has 5 nitrogen and oxygen atoms in total. The second-order valence-corrected chi connectivity index (χ2v) is 7.13. The zero-order valence-corrected chi connectivity index (χ0v) is 14.2. The fraction of sp³-hybridized carbons (Fsp3) is 0.235. The SMILES string of the molecule is CC[C@@H](C)NS(=O)(=O)c1ccc(NC(=O)c2ccc(F)cc2)cc1. The lowest BCUT2D eigenvalue weighted by Crippen LogP contribution is -2.31. The van der Waals surface area contributed by atoms with E-state index in [0.29, 0.717) is 17.7 Å². The second kappa shape index (κ2) is 7.55. The molecular formula is C17H19FN2O3S. The molecule has 128 valence electrons. The van der Waals surface area contributed by atoms with Gasteiger partial charge in [0.15, 0.2) is 0 Å². The van der Waals surface area contributed by atoms with Gasteiger partial charge in [0.05, 0.1) is 4.90 Å². The standard InChI is InChI=1S/C17H19FN2O3S/c1-3-12(2)20-24(22,23)16-10-8-15(9-11-16)19-17(21)13-4-6-14(18)7-5-13/h4-12,20H,3H2,1-2H3,(H,19,21)/t12-/m1/s1. The average Bonchev–Trinajstić information content (AvgIpc) is 2.55. The van der Waals surface area contributed by atoms with Gasteiger partial charge in [-0.1, -0.05) is 6.92 Å². The van der Waals surface area contributed by atoms with Crippen LogP contribution in [0.5, 0.6) is 0 Å². The molecule has 0 radical (unpaired) electrons. The number of hydrogen-bond donors (Lipinski definition) is 2. The van der Waals surface area contributed by atoms with Crippen LogP contribution in [0.3, 0.4) is 0 Å². The molecule has 2 rings (SSSR count). The molecule has 0 spiro atoms. The van der Waals surface area contributed by atoms with E-state index in [9.17, 15) is 17.6 Å². The molecule has 2 N–H and O–H groups in total. The van der Waals surface area contributed by atoms with Crippen molar-refractivity contribution in [2.24, 2.45) is 0 Å². The van der Waals surface area contributed by atoms with E-state index in [1.54, 1.807) is 6.92 Å². The lowest BCUT2D eigenvalue weighted by molar-refractivity contribution is 0.102. The first-order chi connectivity index (χ1) is 11.3. The van der Waals surface area contributed by atoms with Gasteiger partial charge < -0.3 is 5.32 Å². The molecule has 0 heterocycles. The predicted octanol–water partition coefficient (Wildman–Crippen LogP) is 3.15. The van der Waals surface area contributed by atoms with Crippen molar-refractivity contribution >= 4 is 21.6 Å². The van der Waals surface area contributed by atoms with Crippen molar-refractivity contribution in [2.75, 3.05) is 5.32 Å². The maximum Gasteiger partial charge on any atom is 0.255 e. The van der Waals surface area contributed by atoms with Crippen LogP contribution in [-0.2, 0) is 10.0 Å². The highest BCUT2D eigenvalue weighted by atomic mass is 32.2. The molecule has 0 bridgehead atoms. The molecular weight excluding hydrogens is 331 g/mol. The van der Waals surface area contributed by atoms with E-state index in [1.807, 2.05) is 6.92 Å². The molecule has 0 unspecified atom stereocenters. The molecule has 0 fully saturated rings. The Balaban J connectivity index is 2.09. The van der Waals surface area contributed by atoms with Gasteiger partial charge in [0, 0.05) is 17.3 Å². The highest BCUT2D eigenvalue weighted by Crippen LogP contribution is 2.16. The van der Waals surface area contributed by atoms with Crippen LogP contribution in [0.4, 0.5) is 10.1 Å². The van der Waals surface area contributed by atoms with Gasteiger partial charge >= 0.3 is 0 Å². The second-order valence-electron chi connectivity index (χ2n) is 5.42. The monoisotopic (exact) mass is 350 g/mol. The van der Waals surface area contributed by atoms with Gasteiger partial charge in [-0.2, -0.15) is 0 Å². The first-order valence-electron chi connectivity index (χ1n) is 7.51. The van der Waals surface area contributed by atoms with Gasteiger partial charge in [-0.3, -0.25) is 4.79 Å². The topological polar surface area (TPSA) is 75.3 Å². The first-order valence-corrected chi connectivity index (χ1v) is 8.99. The number of benzene rings is 2. The minimum Gasteiger partial charge on any atom is -0.322 e. The van der Waals surface area contributed by atoms with Gasteiger partial charge in [0.2, 0.25) is 10.0 Å². The van der Waals surface area contributed by atoms with Crippen LogP contribution in [0.15, 0.2) is 53.4 Å². The number of nitrogens with one attached hydrogen (secondary N) is 2. The zero-order chi connectivity index (χ0) is 17.7. The summed E-state index contributed by atoms with van der Waals surface area (Å²) in [6.07, 6.45) is 0.686. The van der Waals surface area contributed by atoms with Gasteiger partial charge in [-0.15, -0.1) is 0 Å². The van der Waals surface area contributed by atoms with Crippen molar-refractivity contribution in [3.05, 3.63) is 59.9 Å². The lowest BCUT2D eigenvalue weighted by Gasteiger charge is -2.12. The molecule has 2 aromatic carbocycles. The Bertz CT molecular complexity index is 803. The zero-order valence-electron chi connectivity index (χ0n) is 13.4. The molecule has 0 aliphatic carbocycles. The smallest absolute Gasteiger partial charge is 0.255 e. The normalized spacial score (nSPS) is 12.6. The highest BCUT2D eigenvalue weighted by Gasteiger charge is 2.16. The number of anilines is 1. The number of amides is 1. The highest BCUT2D eigenvalue weighted by molar-refractivity contribution is 7.89. The largest absolute Gasteiger partial charge is 0.322 e. The Morgan fingerprint density at radius 3 is 2.21 bits per heavy atom. The van der Waals surface area contributed by atoms with Crippen molar-refractivity contribution in [3.63, 3.8) is 0 Å². The van der Waals surface area contributed by atoms with Gasteiger partial charge in [0.25, 0.3) is 5.91 Å². The minimum absolute atomic E-state index is 0.127. The van der Waals surface area contributed by atoms with Crippen LogP contribution in [0, 0.1) is 5.82 Å². The summed E-state index contributed by atoms with van der Waals surface area (Å²) in [6.45, 7) is 3.68. The summed E-state index contributed by atoms with van der Waals surface area (Å²) in [4.78, 5) is 12.2. The maximum absolute atomic E-state index is 12.9. The molecule has 1 atom stereocenters. The van der Waals surface area contributed by atoms with Gasteiger partial charge in [-0.25, -0.2) is 17.5 Å². The van der Waals surface area contributed by atoms with Crippen molar-refractivity contribution in [1.82, 2.24) is 4.72 Å². The van der Waals surface area contributed by atoms with E-state index in [1.165, 1.54) is 48.5 Å². The molecule has 0 aliphatic rings. The van der Waals surface area contributed by atoms with Crippen molar-refractivity contribution in [1.29, 1.82) is 0 Å². The summed E-state index contributed by atoms with van der Waals surface area (Å²) >= 11 is 0. The third-order valence-corrected chi connectivity index (χ3v) is 5.10. The van der Waals surface area contributed by atoms with Gasteiger partial charge in [0.1, 0.15) is 5.82 Å². The Morgan fingerprint density at radius 1 is 1.08 bits per heavy atom. The summed E-state index contributed by atoms with van der Waals surface area (Å²) < 4.78 is 39.7. The van der Waals surface area contributed by atoms with E-state index in [4.69, 9.17) is 0 Å². The minimum atomic E-state index is -3.58. The number of sulfonamides is 1. The Morgan fingerprint density at radius 2 is 1.67 bits per heavy atom. The molecule has 1 amide bonds. The first kappa shape index (κ1) is 18.1. The summed E-state index contributed by atoms with van der Waals surface area (Å²) in [7, 11) is -3.58. The van der Waals surface area contributed by atoms with Crippen LogP contribution in [0.1, 0.15) is 30.6 Å². The average molecular weight is 350 g/mol. The predicted molar refractivity (Wildman–Crippen MR) is 90.9 cm³/mol. The lowest BCUT2D eigenvalue weighted by atomic mass is 10.2. The molecule has 24 heavy (non-hydrogen) atoms. The molecule has 0 saturated heterocycles. The van der Waals surface area contributed by atoms with Crippen LogP contribution in [0.2, 0.25) is 0 Å². The number of carbonyl (C=O) groups excluding carboxylic acids is 1. The van der Waals surface area contributed by atoms with E-state index < -0.39 is 21.7 Å². The molecule has 7 heteroatoms. The van der Waals surface area contributed by atoms with Crippen molar-refractivity contribution in [2.45, 2.75) is 31.2 Å². The summed E-state index contributed by atoms with van der Waals surface area (Å²) in [5, 5.41) is 2.63. The van der Waals surface area contributed by atoms with Crippen LogP contribution >= 0.6 is 0 Å². The molecule has 0 aliphatic heterocycles. The van der Waals surface area contributed by atoms with Crippen LogP contribution in [0.25, 0.3) is 0 Å². The Labute approximate surface area is 141 Å². The fourth-order valence-electron chi connectivity index (χ4n) is 1.94.